The van der Waals surface area contributed by atoms with E-state index in [1.807, 2.05) is 47.4 Å². The van der Waals surface area contributed by atoms with Gasteiger partial charge in [-0.1, -0.05) is 41.7 Å². The molecule has 3 aromatic rings. The van der Waals surface area contributed by atoms with Crippen molar-refractivity contribution in [1.29, 1.82) is 0 Å². The number of aromatic nitrogens is 2. The minimum Gasteiger partial charge on any atom is -0.355 e. The Balaban J connectivity index is 1.20. The molecule has 4 rings (SSSR count). The lowest BCUT2D eigenvalue weighted by molar-refractivity contribution is -0.131. The first-order chi connectivity index (χ1) is 14.2. The van der Waals surface area contributed by atoms with Crippen molar-refractivity contribution in [3.63, 3.8) is 0 Å². The van der Waals surface area contributed by atoms with Crippen LogP contribution in [0.4, 0.5) is 5.13 Å². The van der Waals surface area contributed by atoms with Crippen LogP contribution in [0.5, 0.6) is 0 Å². The van der Waals surface area contributed by atoms with Crippen molar-refractivity contribution in [2.24, 2.45) is 0 Å². The second kappa shape index (κ2) is 9.00. The third-order valence-electron chi connectivity index (χ3n) is 4.93. The number of hydrogen-bond donors (Lipinski definition) is 1. The van der Waals surface area contributed by atoms with E-state index in [9.17, 15) is 9.59 Å². The zero-order chi connectivity index (χ0) is 20.1. The molecule has 0 radical (unpaired) electrons. The van der Waals surface area contributed by atoms with Crippen molar-refractivity contribution in [3.8, 4) is 0 Å². The van der Waals surface area contributed by atoms with Crippen molar-refractivity contribution >= 4 is 38.6 Å². The fraction of sp³-hybridized carbons (Fsp3) is 0.333. The SMILES string of the molecule is O=C(Cc1ccccc1)NCCC(=O)N1CCN(c2nc3cccnc3s2)CC1. The highest BCUT2D eigenvalue weighted by atomic mass is 32.1. The highest BCUT2D eigenvalue weighted by Gasteiger charge is 2.23. The van der Waals surface area contributed by atoms with Crippen LogP contribution in [0.15, 0.2) is 48.7 Å². The lowest BCUT2D eigenvalue weighted by Gasteiger charge is -2.34. The minimum atomic E-state index is -0.0572. The number of amides is 2. The predicted octanol–water partition coefficient (Wildman–Crippen LogP) is 2.09. The summed E-state index contributed by atoms with van der Waals surface area (Å²) in [4.78, 5) is 38.4. The summed E-state index contributed by atoms with van der Waals surface area (Å²) in [5.74, 6) is 0.0221. The number of fused-ring (bicyclic) bond motifs is 1. The molecule has 2 aromatic heterocycles. The standard InChI is InChI=1S/C21H23N5O2S/c27-18(15-16-5-2-1-3-6-16)22-10-8-19(28)25-11-13-26(14-12-25)21-24-17-7-4-9-23-20(17)29-21/h1-7,9H,8,10-15H2,(H,22,27). The number of nitrogens with one attached hydrogen (secondary N) is 1. The van der Waals surface area contributed by atoms with Crippen LogP contribution in [0.1, 0.15) is 12.0 Å². The maximum absolute atomic E-state index is 12.5. The number of carbonyl (C=O) groups excluding carboxylic acids is 2. The van der Waals surface area contributed by atoms with Crippen LogP contribution >= 0.6 is 11.3 Å². The topological polar surface area (TPSA) is 78.4 Å². The molecular weight excluding hydrogens is 386 g/mol. The molecule has 150 valence electrons. The van der Waals surface area contributed by atoms with Gasteiger partial charge in [0, 0.05) is 45.3 Å². The highest BCUT2D eigenvalue weighted by molar-refractivity contribution is 7.21. The molecule has 1 aliphatic heterocycles. The number of nitrogens with zero attached hydrogens (tertiary/aromatic N) is 4. The molecule has 0 bridgehead atoms. The Morgan fingerprint density at radius 3 is 2.59 bits per heavy atom. The van der Waals surface area contributed by atoms with Gasteiger partial charge in [-0.25, -0.2) is 9.97 Å². The summed E-state index contributed by atoms with van der Waals surface area (Å²) in [6.45, 7) is 3.21. The average Bonchev–Trinajstić information content (AvgIpc) is 3.19. The number of carbonyl (C=O) groups is 2. The smallest absolute Gasteiger partial charge is 0.224 e. The summed E-state index contributed by atoms with van der Waals surface area (Å²) < 4.78 is 0. The molecule has 29 heavy (non-hydrogen) atoms. The van der Waals surface area contributed by atoms with E-state index in [0.717, 1.165) is 34.1 Å². The number of piperazine rings is 1. The summed E-state index contributed by atoms with van der Waals surface area (Å²) in [7, 11) is 0. The Morgan fingerprint density at radius 2 is 1.83 bits per heavy atom. The largest absolute Gasteiger partial charge is 0.355 e. The Hall–Kier alpha value is -3.00. The van der Waals surface area contributed by atoms with Gasteiger partial charge in [0.25, 0.3) is 0 Å². The molecular formula is C21H23N5O2S. The second-order valence-corrected chi connectivity index (χ2v) is 7.91. The van der Waals surface area contributed by atoms with Crippen molar-refractivity contribution in [3.05, 3.63) is 54.2 Å². The monoisotopic (exact) mass is 409 g/mol. The Kier molecular flexibility index (Phi) is 6.00. The van der Waals surface area contributed by atoms with Crippen molar-refractivity contribution in [2.45, 2.75) is 12.8 Å². The maximum atomic E-state index is 12.5. The molecule has 8 heteroatoms. The highest BCUT2D eigenvalue weighted by Crippen LogP contribution is 2.27. The van der Waals surface area contributed by atoms with E-state index in [4.69, 9.17) is 0 Å². The molecule has 0 saturated carbocycles. The van der Waals surface area contributed by atoms with E-state index >= 15 is 0 Å². The third-order valence-corrected chi connectivity index (χ3v) is 5.97. The van der Waals surface area contributed by atoms with E-state index in [1.54, 1.807) is 17.5 Å². The van der Waals surface area contributed by atoms with Gasteiger partial charge in [0.15, 0.2) is 5.13 Å². The molecule has 1 fully saturated rings. The molecule has 0 spiro atoms. The quantitative estimate of drug-likeness (QED) is 0.675. The first-order valence-corrected chi connectivity index (χ1v) is 10.6. The summed E-state index contributed by atoms with van der Waals surface area (Å²) in [6, 6.07) is 13.5. The van der Waals surface area contributed by atoms with Gasteiger partial charge in [-0.05, 0) is 17.7 Å². The molecule has 1 aromatic carbocycles. The number of pyridine rings is 1. The Morgan fingerprint density at radius 1 is 1.03 bits per heavy atom. The number of benzene rings is 1. The normalized spacial score (nSPS) is 14.2. The van der Waals surface area contributed by atoms with Gasteiger partial charge in [0.1, 0.15) is 10.3 Å². The van der Waals surface area contributed by atoms with Gasteiger partial charge in [-0.2, -0.15) is 0 Å². The predicted molar refractivity (Wildman–Crippen MR) is 114 cm³/mol. The van der Waals surface area contributed by atoms with E-state index in [-0.39, 0.29) is 11.8 Å². The molecule has 2 amide bonds. The zero-order valence-corrected chi connectivity index (χ0v) is 16.9. The van der Waals surface area contributed by atoms with Crippen LogP contribution in [0.2, 0.25) is 0 Å². The summed E-state index contributed by atoms with van der Waals surface area (Å²) in [5, 5.41) is 3.80. The van der Waals surface area contributed by atoms with Crippen LogP contribution in [0.3, 0.4) is 0 Å². The fourth-order valence-electron chi connectivity index (χ4n) is 3.35. The van der Waals surface area contributed by atoms with Gasteiger partial charge in [-0.3, -0.25) is 9.59 Å². The molecule has 3 heterocycles. The number of rotatable bonds is 6. The number of hydrogen-bond acceptors (Lipinski definition) is 6. The van der Waals surface area contributed by atoms with Gasteiger partial charge < -0.3 is 15.1 Å². The van der Waals surface area contributed by atoms with Gasteiger partial charge in [-0.15, -0.1) is 0 Å². The number of anilines is 1. The minimum absolute atomic E-state index is 0.0572. The van der Waals surface area contributed by atoms with E-state index < -0.39 is 0 Å². The average molecular weight is 410 g/mol. The van der Waals surface area contributed by atoms with Crippen molar-refractivity contribution in [2.75, 3.05) is 37.6 Å². The van der Waals surface area contributed by atoms with E-state index in [0.29, 0.717) is 32.5 Å². The molecule has 0 atom stereocenters. The third kappa shape index (κ3) is 4.89. The van der Waals surface area contributed by atoms with Crippen molar-refractivity contribution in [1.82, 2.24) is 20.2 Å². The summed E-state index contributed by atoms with van der Waals surface area (Å²) in [5.41, 5.74) is 1.88. The van der Waals surface area contributed by atoms with Crippen molar-refractivity contribution < 1.29 is 9.59 Å². The van der Waals surface area contributed by atoms with Crippen LogP contribution in [-0.4, -0.2) is 59.4 Å². The van der Waals surface area contributed by atoms with Gasteiger partial charge in [0.05, 0.1) is 6.42 Å². The first kappa shape index (κ1) is 19.3. The van der Waals surface area contributed by atoms with Crippen LogP contribution in [0.25, 0.3) is 10.3 Å². The van der Waals surface area contributed by atoms with Crippen LogP contribution in [0, 0.1) is 0 Å². The Bertz CT molecular complexity index is 950. The first-order valence-electron chi connectivity index (χ1n) is 9.74. The van der Waals surface area contributed by atoms with Crippen LogP contribution < -0.4 is 10.2 Å². The molecule has 1 aliphatic rings. The lowest BCUT2D eigenvalue weighted by Crippen LogP contribution is -2.49. The molecule has 0 aliphatic carbocycles. The molecule has 1 N–H and O–H groups in total. The van der Waals surface area contributed by atoms with E-state index in [1.165, 1.54) is 0 Å². The lowest BCUT2D eigenvalue weighted by atomic mass is 10.1. The molecule has 0 unspecified atom stereocenters. The molecule has 7 nitrogen and oxygen atoms in total. The summed E-state index contributed by atoms with van der Waals surface area (Å²) in [6.07, 6.45) is 2.44. The summed E-state index contributed by atoms with van der Waals surface area (Å²) >= 11 is 1.58. The maximum Gasteiger partial charge on any atom is 0.224 e. The van der Waals surface area contributed by atoms with Crippen LogP contribution in [-0.2, 0) is 16.0 Å². The Labute approximate surface area is 173 Å². The number of thiazole rings is 1. The van der Waals surface area contributed by atoms with E-state index in [2.05, 4.69) is 20.2 Å². The second-order valence-electron chi connectivity index (χ2n) is 6.95. The molecule has 1 saturated heterocycles. The van der Waals surface area contributed by atoms with Gasteiger partial charge >= 0.3 is 0 Å². The zero-order valence-electron chi connectivity index (χ0n) is 16.1. The fourth-order valence-corrected chi connectivity index (χ4v) is 4.31. The van der Waals surface area contributed by atoms with Gasteiger partial charge in [0.2, 0.25) is 11.8 Å².